The van der Waals surface area contributed by atoms with Crippen LogP contribution in [0, 0.1) is 0 Å². The minimum Gasteiger partial charge on any atom is -0.491 e. The molecule has 1 aromatic rings. The van der Waals surface area contributed by atoms with E-state index in [1.54, 1.807) is 4.90 Å². The fourth-order valence-electron chi connectivity index (χ4n) is 2.41. The van der Waals surface area contributed by atoms with Crippen LogP contribution >= 0.6 is 15.9 Å². The molecule has 5 nitrogen and oxygen atoms in total. The first-order chi connectivity index (χ1) is 10.6. The second kappa shape index (κ2) is 6.69. The molecule has 0 bridgehead atoms. The summed E-state index contributed by atoms with van der Waals surface area (Å²) in [7, 11) is 0. The Bertz CT molecular complexity index is 551. The van der Waals surface area contributed by atoms with Crippen LogP contribution in [0.3, 0.4) is 0 Å². The van der Waals surface area contributed by atoms with E-state index in [1.807, 2.05) is 58.9 Å². The molecule has 1 heterocycles. The van der Waals surface area contributed by atoms with Crippen molar-refractivity contribution in [3.63, 3.8) is 0 Å². The molecular weight excluding hydrogens is 362 g/mol. The Morgan fingerprint density at radius 2 is 1.96 bits per heavy atom. The summed E-state index contributed by atoms with van der Waals surface area (Å²) in [4.78, 5) is 14.1. The molecule has 6 heteroatoms. The van der Waals surface area contributed by atoms with Crippen molar-refractivity contribution in [1.82, 2.24) is 4.90 Å². The van der Waals surface area contributed by atoms with Gasteiger partial charge in [-0.25, -0.2) is 4.79 Å². The van der Waals surface area contributed by atoms with Gasteiger partial charge >= 0.3 is 6.09 Å². The van der Waals surface area contributed by atoms with Gasteiger partial charge in [0.05, 0.1) is 12.6 Å². The molecule has 1 amide bonds. The number of rotatable bonds is 3. The Balaban J connectivity index is 2.04. The maximum Gasteiger partial charge on any atom is 0.413 e. The van der Waals surface area contributed by atoms with Gasteiger partial charge in [-0.05, 0) is 58.9 Å². The third-order valence-electron chi connectivity index (χ3n) is 3.42. The molecule has 1 fully saturated rings. The molecule has 1 saturated heterocycles. The highest BCUT2D eigenvalue weighted by Gasteiger charge is 2.46. The van der Waals surface area contributed by atoms with E-state index in [0.29, 0.717) is 13.2 Å². The van der Waals surface area contributed by atoms with Crippen molar-refractivity contribution in [2.45, 2.75) is 52.0 Å². The normalized spacial score (nSPS) is 20.4. The smallest absolute Gasteiger partial charge is 0.413 e. The van der Waals surface area contributed by atoms with E-state index in [0.717, 1.165) is 10.2 Å². The highest BCUT2D eigenvalue weighted by Crippen LogP contribution is 2.30. The van der Waals surface area contributed by atoms with Crippen LogP contribution in [-0.2, 0) is 9.47 Å². The summed E-state index contributed by atoms with van der Waals surface area (Å²) in [5.74, 6) is 0.752. The highest BCUT2D eigenvalue weighted by molar-refractivity contribution is 9.10. The van der Waals surface area contributed by atoms with Crippen LogP contribution in [0.1, 0.15) is 34.6 Å². The van der Waals surface area contributed by atoms with Gasteiger partial charge in [0, 0.05) is 4.47 Å². The summed E-state index contributed by atoms with van der Waals surface area (Å²) in [5, 5.41) is 0. The lowest BCUT2D eigenvalue weighted by Crippen LogP contribution is -2.51. The Morgan fingerprint density at radius 3 is 2.52 bits per heavy atom. The van der Waals surface area contributed by atoms with Crippen molar-refractivity contribution in [3.8, 4) is 5.75 Å². The van der Waals surface area contributed by atoms with E-state index in [1.165, 1.54) is 0 Å². The first-order valence-electron chi connectivity index (χ1n) is 7.63. The van der Waals surface area contributed by atoms with Gasteiger partial charge in [-0.3, -0.25) is 4.90 Å². The number of carbonyl (C=O) groups excluding carboxylic acids is 1. The van der Waals surface area contributed by atoms with Gasteiger partial charge in [0.15, 0.2) is 0 Å². The Hall–Kier alpha value is -1.27. The molecule has 0 aliphatic carbocycles. The van der Waals surface area contributed by atoms with Gasteiger partial charge in [0.1, 0.15) is 23.7 Å². The van der Waals surface area contributed by atoms with Crippen LogP contribution in [-0.4, -0.2) is 41.6 Å². The van der Waals surface area contributed by atoms with E-state index in [4.69, 9.17) is 14.2 Å². The zero-order valence-electron chi connectivity index (χ0n) is 14.3. The fraction of sp³-hybridized carbons (Fsp3) is 0.588. The van der Waals surface area contributed by atoms with Gasteiger partial charge in [-0.1, -0.05) is 15.9 Å². The first-order valence-corrected chi connectivity index (χ1v) is 8.42. The van der Waals surface area contributed by atoms with Crippen molar-refractivity contribution in [2.75, 3.05) is 13.2 Å². The minimum absolute atomic E-state index is 0.191. The summed E-state index contributed by atoms with van der Waals surface area (Å²) >= 11 is 3.39. The number of carbonyl (C=O) groups is 1. The number of halogens is 1. The summed E-state index contributed by atoms with van der Waals surface area (Å²) < 4.78 is 18.0. The number of hydrogen-bond donors (Lipinski definition) is 0. The third kappa shape index (κ3) is 4.85. The van der Waals surface area contributed by atoms with Crippen LogP contribution < -0.4 is 4.74 Å². The molecule has 23 heavy (non-hydrogen) atoms. The molecule has 0 N–H and O–H groups in total. The minimum atomic E-state index is -0.712. The quantitative estimate of drug-likeness (QED) is 0.781. The monoisotopic (exact) mass is 385 g/mol. The van der Waals surface area contributed by atoms with Crippen LogP contribution in [0.25, 0.3) is 0 Å². The van der Waals surface area contributed by atoms with Crippen LogP contribution in [0.15, 0.2) is 28.7 Å². The Kier molecular flexibility index (Phi) is 5.26. The predicted octanol–water partition coefficient (Wildman–Crippen LogP) is 4.20. The molecule has 1 atom stereocenters. The van der Waals surface area contributed by atoms with Crippen LogP contribution in [0.4, 0.5) is 4.79 Å². The maximum absolute atomic E-state index is 12.5. The lowest BCUT2D eigenvalue weighted by atomic mass is 10.2. The topological polar surface area (TPSA) is 48.0 Å². The molecule has 0 spiro atoms. The molecule has 1 aliphatic rings. The van der Waals surface area contributed by atoms with Crippen LogP contribution in [0.5, 0.6) is 5.75 Å². The largest absolute Gasteiger partial charge is 0.491 e. The van der Waals surface area contributed by atoms with Crippen molar-refractivity contribution >= 4 is 22.0 Å². The number of hydrogen-bond acceptors (Lipinski definition) is 4. The number of nitrogens with zero attached hydrogens (tertiary/aromatic N) is 1. The molecule has 128 valence electrons. The van der Waals surface area contributed by atoms with Crippen molar-refractivity contribution in [3.05, 3.63) is 28.7 Å². The summed E-state index contributed by atoms with van der Waals surface area (Å²) in [6.07, 6.45) is -0.385. The molecule has 0 unspecified atom stereocenters. The van der Waals surface area contributed by atoms with E-state index in [9.17, 15) is 4.79 Å². The van der Waals surface area contributed by atoms with Gasteiger partial charge in [0.2, 0.25) is 0 Å². The second-order valence-corrected chi connectivity index (χ2v) is 7.94. The van der Waals surface area contributed by atoms with Gasteiger partial charge in [-0.15, -0.1) is 0 Å². The van der Waals surface area contributed by atoms with Crippen molar-refractivity contribution in [2.24, 2.45) is 0 Å². The zero-order valence-corrected chi connectivity index (χ0v) is 15.8. The van der Waals surface area contributed by atoms with Gasteiger partial charge < -0.3 is 14.2 Å². The lowest BCUT2D eigenvalue weighted by Gasteiger charge is -2.35. The second-order valence-electron chi connectivity index (χ2n) is 7.03. The van der Waals surface area contributed by atoms with Gasteiger partial charge in [0.25, 0.3) is 0 Å². The lowest BCUT2D eigenvalue weighted by molar-refractivity contribution is -0.0637. The standard InChI is InChI=1S/C17H24BrNO4/c1-16(2,3)23-15(20)19-13(11-22-17(19,4)5)10-21-14-8-6-12(18)7-9-14/h6-9,13H,10-11H2,1-5H3/t13-/m1/s1. The summed E-state index contributed by atoms with van der Waals surface area (Å²) in [5.41, 5.74) is -1.26. The first kappa shape index (κ1) is 18.1. The van der Waals surface area contributed by atoms with E-state index >= 15 is 0 Å². The molecule has 0 saturated carbocycles. The Morgan fingerprint density at radius 1 is 1.35 bits per heavy atom. The maximum atomic E-state index is 12.5. The molecular formula is C17H24BrNO4. The molecule has 2 rings (SSSR count). The number of benzene rings is 1. The van der Waals surface area contributed by atoms with Crippen molar-refractivity contribution in [1.29, 1.82) is 0 Å². The molecule has 1 aliphatic heterocycles. The number of ether oxygens (including phenoxy) is 3. The van der Waals surface area contributed by atoms with E-state index in [-0.39, 0.29) is 12.1 Å². The van der Waals surface area contributed by atoms with Crippen LogP contribution in [0.2, 0.25) is 0 Å². The van der Waals surface area contributed by atoms with Crippen molar-refractivity contribution < 1.29 is 19.0 Å². The molecule has 1 aromatic carbocycles. The average Bonchev–Trinajstić information content (AvgIpc) is 2.71. The van der Waals surface area contributed by atoms with E-state index < -0.39 is 11.3 Å². The highest BCUT2D eigenvalue weighted by atomic mass is 79.9. The summed E-state index contributed by atoms with van der Waals surface area (Å²) in [6.45, 7) is 10.0. The molecule has 0 radical (unpaired) electrons. The number of amides is 1. The molecule has 0 aromatic heterocycles. The van der Waals surface area contributed by atoms with E-state index in [2.05, 4.69) is 15.9 Å². The van der Waals surface area contributed by atoms with Gasteiger partial charge in [-0.2, -0.15) is 0 Å². The third-order valence-corrected chi connectivity index (χ3v) is 3.95. The predicted molar refractivity (Wildman–Crippen MR) is 91.5 cm³/mol. The zero-order chi connectivity index (χ0) is 17.3. The summed E-state index contributed by atoms with van der Waals surface area (Å²) in [6, 6.07) is 7.39. The fourth-order valence-corrected chi connectivity index (χ4v) is 2.67. The SMILES string of the molecule is CC(C)(C)OC(=O)N1[C@H](COc2ccc(Br)cc2)COC1(C)C. The Labute approximate surface area is 146 Å². The average molecular weight is 386 g/mol.